The SMILES string of the molecule is NS(=O)(=O)N1CCC2(CC1)[C@@H](c1nc(-c3ccc(F)cc3C(F)(F)F)no1)C2(F)F. The summed E-state index contributed by atoms with van der Waals surface area (Å²) in [6, 6.07) is 1.80. The average molecular weight is 456 g/mol. The number of alkyl halides is 5. The third-order valence-electron chi connectivity index (χ3n) is 5.69. The van der Waals surface area contributed by atoms with E-state index in [9.17, 15) is 34.8 Å². The summed E-state index contributed by atoms with van der Waals surface area (Å²) in [5, 5.41) is 8.39. The fraction of sp³-hybridized carbons (Fsp3) is 0.500. The van der Waals surface area contributed by atoms with Gasteiger partial charge in [-0.3, -0.25) is 0 Å². The molecule has 0 bridgehead atoms. The lowest BCUT2D eigenvalue weighted by molar-refractivity contribution is -0.137. The second-order valence-corrected chi connectivity index (χ2v) is 8.85. The molecular weight excluding hydrogens is 442 g/mol. The van der Waals surface area contributed by atoms with Crippen LogP contribution < -0.4 is 5.14 Å². The van der Waals surface area contributed by atoms with Gasteiger partial charge in [0.15, 0.2) is 0 Å². The van der Waals surface area contributed by atoms with Crippen molar-refractivity contribution in [1.82, 2.24) is 14.4 Å². The Labute approximate surface area is 166 Å². The normalized spacial score (nSPS) is 23.6. The van der Waals surface area contributed by atoms with Crippen LogP contribution in [-0.2, 0) is 16.4 Å². The van der Waals surface area contributed by atoms with Crippen LogP contribution in [0, 0.1) is 11.2 Å². The summed E-state index contributed by atoms with van der Waals surface area (Å²) in [6.45, 7) is -0.468. The van der Waals surface area contributed by atoms with Gasteiger partial charge >= 0.3 is 6.18 Å². The highest BCUT2D eigenvalue weighted by molar-refractivity contribution is 7.86. The molecular formula is C16H14F6N4O3S. The Bertz CT molecular complexity index is 1090. The summed E-state index contributed by atoms with van der Waals surface area (Å²) in [5.41, 5.74) is -3.62. The number of hydrogen-bond donors (Lipinski definition) is 1. The van der Waals surface area contributed by atoms with Crippen molar-refractivity contribution >= 4 is 10.2 Å². The first kappa shape index (κ1) is 21.1. The molecule has 2 aliphatic rings. The summed E-state index contributed by atoms with van der Waals surface area (Å²) in [7, 11) is -4.02. The molecule has 1 atom stereocenters. The van der Waals surface area contributed by atoms with Gasteiger partial charge in [0.05, 0.1) is 11.0 Å². The van der Waals surface area contributed by atoms with Crippen molar-refractivity contribution in [2.45, 2.75) is 30.9 Å². The highest BCUT2D eigenvalue weighted by atomic mass is 32.2. The van der Waals surface area contributed by atoms with Crippen molar-refractivity contribution in [1.29, 1.82) is 0 Å². The van der Waals surface area contributed by atoms with Crippen LogP contribution in [0.15, 0.2) is 22.7 Å². The Balaban J connectivity index is 1.63. The van der Waals surface area contributed by atoms with Crippen LogP contribution in [-0.4, -0.2) is 41.9 Å². The Morgan fingerprint density at radius 3 is 2.40 bits per heavy atom. The van der Waals surface area contributed by atoms with Gasteiger partial charge in [-0.2, -0.15) is 30.9 Å². The Kier molecular flexibility index (Phi) is 4.50. The number of rotatable bonds is 3. The zero-order valence-electron chi connectivity index (χ0n) is 15.0. The molecule has 1 aromatic carbocycles. The molecule has 2 N–H and O–H groups in total. The minimum atomic E-state index is -4.93. The predicted octanol–water partition coefficient (Wildman–Crippen LogP) is 2.91. The summed E-state index contributed by atoms with van der Waals surface area (Å²) in [4.78, 5) is 3.72. The maximum Gasteiger partial charge on any atom is 0.417 e. The van der Waals surface area contributed by atoms with Crippen LogP contribution in [0.3, 0.4) is 0 Å². The number of nitrogens with zero attached hydrogens (tertiary/aromatic N) is 3. The number of hydrogen-bond acceptors (Lipinski definition) is 5. The van der Waals surface area contributed by atoms with Gasteiger partial charge in [-0.1, -0.05) is 5.16 Å². The van der Waals surface area contributed by atoms with Crippen molar-refractivity contribution < 1.29 is 39.3 Å². The number of aromatic nitrogens is 2. The third kappa shape index (κ3) is 3.17. The Morgan fingerprint density at radius 2 is 1.83 bits per heavy atom. The molecule has 1 saturated carbocycles. The van der Waals surface area contributed by atoms with Crippen molar-refractivity contribution in [3.63, 3.8) is 0 Å². The van der Waals surface area contributed by atoms with E-state index in [0.29, 0.717) is 0 Å². The molecule has 1 saturated heterocycles. The smallest absolute Gasteiger partial charge is 0.338 e. The van der Waals surface area contributed by atoms with E-state index < -0.39 is 62.3 Å². The van der Waals surface area contributed by atoms with Crippen molar-refractivity contribution in [2.24, 2.45) is 10.6 Å². The molecule has 0 amide bonds. The molecule has 2 aromatic rings. The molecule has 30 heavy (non-hydrogen) atoms. The lowest BCUT2D eigenvalue weighted by Crippen LogP contribution is -2.43. The Hall–Kier alpha value is -2.19. The summed E-state index contributed by atoms with van der Waals surface area (Å²) < 4.78 is 111. The van der Waals surface area contributed by atoms with Crippen molar-refractivity contribution in [3.05, 3.63) is 35.5 Å². The minimum absolute atomic E-state index is 0.233. The molecule has 0 radical (unpaired) electrons. The zero-order valence-corrected chi connectivity index (χ0v) is 15.8. The largest absolute Gasteiger partial charge is 0.417 e. The number of benzene rings is 1. The summed E-state index contributed by atoms with van der Waals surface area (Å²) >= 11 is 0. The Morgan fingerprint density at radius 1 is 1.20 bits per heavy atom. The van der Waals surface area contributed by atoms with E-state index in [1.54, 1.807) is 0 Å². The second-order valence-electron chi connectivity index (χ2n) is 7.30. The van der Waals surface area contributed by atoms with Gasteiger partial charge in [0.25, 0.3) is 16.1 Å². The quantitative estimate of drug-likeness (QED) is 0.716. The van der Waals surface area contributed by atoms with E-state index in [4.69, 9.17) is 9.66 Å². The maximum absolute atomic E-state index is 14.6. The molecule has 1 aliphatic heterocycles. The molecule has 14 heteroatoms. The molecule has 2 fully saturated rings. The minimum Gasteiger partial charge on any atom is -0.338 e. The topological polar surface area (TPSA) is 102 Å². The van der Waals surface area contributed by atoms with E-state index in [1.807, 2.05) is 0 Å². The average Bonchev–Trinajstić information content (AvgIpc) is 2.95. The molecule has 0 unspecified atom stereocenters. The lowest BCUT2D eigenvalue weighted by atomic mass is 9.91. The van der Waals surface area contributed by atoms with Crippen LogP contribution in [0.5, 0.6) is 0 Å². The second kappa shape index (κ2) is 6.40. The molecule has 1 spiro atoms. The van der Waals surface area contributed by atoms with E-state index in [1.165, 1.54) is 0 Å². The van der Waals surface area contributed by atoms with Gasteiger partial charge in [0.2, 0.25) is 11.7 Å². The molecule has 1 aliphatic carbocycles. The molecule has 2 heterocycles. The predicted molar refractivity (Wildman–Crippen MR) is 88.7 cm³/mol. The number of nitrogens with two attached hydrogens (primary N) is 1. The van der Waals surface area contributed by atoms with Crippen molar-refractivity contribution in [2.75, 3.05) is 13.1 Å². The monoisotopic (exact) mass is 456 g/mol. The van der Waals surface area contributed by atoms with E-state index >= 15 is 0 Å². The first-order chi connectivity index (χ1) is 13.8. The zero-order chi connectivity index (χ0) is 22.1. The van der Waals surface area contributed by atoms with Crippen LogP contribution in [0.1, 0.15) is 30.2 Å². The van der Waals surface area contributed by atoms with Crippen LogP contribution in [0.4, 0.5) is 26.3 Å². The third-order valence-corrected chi connectivity index (χ3v) is 6.77. The molecule has 164 valence electrons. The van der Waals surface area contributed by atoms with Gasteiger partial charge in [-0.05, 0) is 31.0 Å². The van der Waals surface area contributed by atoms with Crippen LogP contribution >= 0.6 is 0 Å². The van der Waals surface area contributed by atoms with Gasteiger partial charge in [-0.25, -0.2) is 18.3 Å². The fourth-order valence-corrected chi connectivity index (χ4v) is 4.76. The van der Waals surface area contributed by atoms with Crippen LogP contribution in [0.25, 0.3) is 11.4 Å². The summed E-state index contributed by atoms with van der Waals surface area (Å²) in [5.74, 6) is -7.17. The molecule has 1 aromatic heterocycles. The van der Waals surface area contributed by atoms with Gasteiger partial charge < -0.3 is 4.52 Å². The molecule has 4 rings (SSSR count). The van der Waals surface area contributed by atoms with E-state index in [2.05, 4.69) is 10.1 Å². The number of halogens is 6. The van der Waals surface area contributed by atoms with Crippen molar-refractivity contribution in [3.8, 4) is 11.4 Å². The first-order valence-corrected chi connectivity index (χ1v) is 10.1. The highest BCUT2D eigenvalue weighted by Crippen LogP contribution is 2.75. The van der Waals surface area contributed by atoms with Gasteiger partial charge in [0.1, 0.15) is 11.7 Å². The number of piperidine rings is 1. The first-order valence-electron chi connectivity index (χ1n) is 8.64. The summed E-state index contributed by atoms with van der Waals surface area (Å²) in [6.07, 6.45) is -5.39. The maximum atomic E-state index is 14.6. The standard InChI is InChI=1S/C16H14F6N4O3S/c17-8-1-2-9(10(7-8)16(20,21)22)12-24-13(29-25-12)11-14(15(11,18)19)3-5-26(6-4-14)30(23,27)28/h1-2,7,11H,3-6H2,(H2,23,27,28)/t11-/m1/s1. The highest BCUT2D eigenvalue weighted by Gasteiger charge is 2.82. The van der Waals surface area contributed by atoms with Gasteiger partial charge in [0, 0.05) is 18.7 Å². The molecule has 7 nitrogen and oxygen atoms in total. The van der Waals surface area contributed by atoms with Crippen LogP contribution in [0.2, 0.25) is 0 Å². The van der Waals surface area contributed by atoms with E-state index in [0.717, 1.165) is 16.4 Å². The fourth-order valence-electron chi connectivity index (χ4n) is 4.07. The van der Waals surface area contributed by atoms with Gasteiger partial charge in [-0.15, -0.1) is 0 Å². The lowest BCUT2D eigenvalue weighted by Gasteiger charge is -2.30. The van der Waals surface area contributed by atoms with E-state index in [-0.39, 0.29) is 32.0 Å².